The Morgan fingerprint density at radius 1 is 1.29 bits per heavy atom. The Morgan fingerprint density at radius 2 is 1.82 bits per heavy atom. The Labute approximate surface area is 105 Å². The third-order valence-electron chi connectivity index (χ3n) is 3.05. The third kappa shape index (κ3) is 5.50. The Bertz CT molecular complexity index is 215. The number of nitrogens with zero attached hydrogens (tertiary/aromatic N) is 1. The van der Waals surface area contributed by atoms with Crippen LogP contribution in [0.15, 0.2) is 0 Å². The lowest BCUT2D eigenvalue weighted by Crippen LogP contribution is -2.49. The number of carbonyl (C=O) groups is 1. The molecule has 17 heavy (non-hydrogen) atoms. The van der Waals surface area contributed by atoms with Crippen LogP contribution in [0, 0.1) is 5.92 Å². The van der Waals surface area contributed by atoms with Crippen molar-refractivity contribution in [2.24, 2.45) is 11.7 Å². The number of nitrogens with two attached hydrogens (primary N) is 1. The second-order valence-corrected chi connectivity index (χ2v) is 4.96. The van der Waals surface area contributed by atoms with Crippen LogP contribution in [-0.4, -0.2) is 41.1 Å². The van der Waals surface area contributed by atoms with Gasteiger partial charge in [0.15, 0.2) is 0 Å². The van der Waals surface area contributed by atoms with Crippen molar-refractivity contribution in [3.05, 3.63) is 0 Å². The van der Waals surface area contributed by atoms with E-state index in [0.29, 0.717) is 18.9 Å². The summed E-state index contributed by atoms with van der Waals surface area (Å²) in [5, 5.41) is 9.05. The summed E-state index contributed by atoms with van der Waals surface area (Å²) in [5.74, 6) is 0.382. The van der Waals surface area contributed by atoms with Gasteiger partial charge in [-0.15, -0.1) is 0 Å². The second-order valence-electron chi connectivity index (χ2n) is 4.96. The molecule has 3 N–H and O–H groups in total. The molecule has 4 heteroatoms. The molecule has 4 nitrogen and oxygen atoms in total. The number of aliphatic hydroxyl groups is 1. The lowest BCUT2D eigenvalue weighted by molar-refractivity contribution is -0.136. The summed E-state index contributed by atoms with van der Waals surface area (Å²) in [6.45, 7) is 8.61. The number of amides is 1. The molecular weight excluding hydrogens is 216 g/mol. The number of hydrogen-bond donors (Lipinski definition) is 2. The normalized spacial score (nSPS) is 13.2. The first-order valence-electron chi connectivity index (χ1n) is 6.64. The Morgan fingerprint density at radius 3 is 2.18 bits per heavy atom. The van der Waals surface area contributed by atoms with Gasteiger partial charge in [-0.3, -0.25) is 4.79 Å². The zero-order valence-electron chi connectivity index (χ0n) is 11.6. The van der Waals surface area contributed by atoms with Crippen molar-refractivity contribution < 1.29 is 9.90 Å². The summed E-state index contributed by atoms with van der Waals surface area (Å²) in [6.07, 6.45) is 2.49. The molecule has 0 rings (SSSR count). The summed E-state index contributed by atoms with van der Waals surface area (Å²) in [5.41, 5.74) is 5.92. The fraction of sp³-hybridized carbons (Fsp3) is 0.923. The molecule has 1 amide bonds. The summed E-state index contributed by atoms with van der Waals surface area (Å²) >= 11 is 0. The maximum atomic E-state index is 12.2. The van der Waals surface area contributed by atoms with E-state index < -0.39 is 6.04 Å². The Hall–Kier alpha value is -0.610. The van der Waals surface area contributed by atoms with Crippen LogP contribution in [0.3, 0.4) is 0 Å². The zero-order chi connectivity index (χ0) is 13.4. The van der Waals surface area contributed by atoms with E-state index in [1.54, 1.807) is 4.90 Å². The van der Waals surface area contributed by atoms with Crippen LogP contribution in [0.25, 0.3) is 0 Å². The van der Waals surface area contributed by atoms with Gasteiger partial charge < -0.3 is 15.7 Å². The minimum absolute atomic E-state index is 0.00333. The van der Waals surface area contributed by atoms with Crippen LogP contribution in [0.1, 0.15) is 47.0 Å². The topological polar surface area (TPSA) is 66.6 Å². The van der Waals surface area contributed by atoms with E-state index in [9.17, 15) is 4.79 Å². The molecule has 0 heterocycles. The van der Waals surface area contributed by atoms with E-state index >= 15 is 0 Å². The molecule has 0 saturated carbocycles. The van der Waals surface area contributed by atoms with E-state index in [-0.39, 0.29) is 18.6 Å². The second kappa shape index (κ2) is 8.48. The van der Waals surface area contributed by atoms with Gasteiger partial charge in [-0.25, -0.2) is 0 Å². The van der Waals surface area contributed by atoms with Crippen molar-refractivity contribution in [3.63, 3.8) is 0 Å². The molecule has 0 bridgehead atoms. The smallest absolute Gasteiger partial charge is 0.239 e. The first-order valence-corrected chi connectivity index (χ1v) is 6.64. The molecule has 102 valence electrons. The van der Waals surface area contributed by atoms with Crippen LogP contribution in [-0.2, 0) is 4.79 Å². The van der Waals surface area contributed by atoms with Crippen LogP contribution < -0.4 is 5.73 Å². The highest BCUT2D eigenvalue weighted by Crippen LogP contribution is 2.12. The number of aliphatic hydroxyl groups excluding tert-OH is 1. The van der Waals surface area contributed by atoms with E-state index in [1.807, 2.05) is 0 Å². The van der Waals surface area contributed by atoms with E-state index in [1.165, 1.54) is 0 Å². The van der Waals surface area contributed by atoms with E-state index in [4.69, 9.17) is 10.8 Å². The van der Waals surface area contributed by atoms with Gasteiger partial charge in [0.2, 0.25) is 5.91 Å². The van der Waals surface area contributed by atoms with Crippen molar-refractivity contribution in [3.8, 4) is 0 Å². The molecule has 0 aliphatic heterocycles. The van der Waals surface area contributed by atoms with Gasteiger partial charge in [0.05, 0.1) is 12.6 Å². The van der Waals surface area contributed by atoms with E-state index in [0.717, 1.165) is 12.8 Å². The van der Waals surface area contributed by atoms with Gasteiger partial charge in [-0.05, 0) is 25.2 Å². The van der Waals surface area contributed by atoms with Gasteiger partial charge >= 0.3 is 0 Å². The molecule has 1 unspecified atom stereocenters. The maximum absolute atomic E-state index is 12.2. The molecule has 0 aromatic carbocycles. The Balaban J connectivity index is 4.62. The molecule has 0 aromatic rings. The van der Waals surface area contributed by atoms with Crippen LogP contribution in [0.5, 0.6) is 0 Å². The van der Waals surface area contributed by atoms with Crippen LogP contribution >= 0.6 is 0 Å². The van der Waals surface area contributed by atoms with Gasteiger partial charge in [0.1, 0.15) is 0 Å². The molecular formula is C13H28N2O2. The lowest BCUT2D eigenvalue weighted by Gasteiger charge is -2.32. The zero-order valence-corrected chi connectivity index (χ0v) is 11.6. The van der Waals surface area contributed by atoms with Crippen molar-refractivity contribution in [1.82, 2.24) is 4.90 Å². The number of hydrogen-bond acceptors (Lipinski definition) is 3. The summed E-state index contributed by atoms with van der Waals surface area (Å²) < 4.78 is 0. The average molecular weight is 244 g/mol. The minimum atomic E-state index is -0.442. The Kier molecular flexibility index (Phi) is 8.17. The summed E-state index contributed by atoms with van der Waals surface area (Å²) in [4.78, 5) is 14.0. The maximum Gasteiger partial charge on any atom is 0.239 e. The standard InChI is InChI=1S/C13H28N2O2/c1-5-11(6-2)15(7-8-16)13(17)12(14)9-10(3)4/h10-12,16H,5-9,14H2,1-4H3. The first-order chi connectivity index (χ1) is 7.97. The largest absolute Gasteiger partial charge is 0.395 e. The molecule has 0 saturated heterocycles. The van der Waals surface area contributed by atoms with Crippen molar-refractivity contribution >= 4 is 5.91 Å². The molecule has 0 aromatic heterocycles. The molecule has 1 atom stereocenters. The summed E-state index contributed by atoms with van der Waals surface area (Å²) in [7, 11) is 0. The molecule has 0 aliphatic rings. The van der Waals surface area contributed by atoms with Gasteiger partial charge in [0.25, 0.3) is 0 Å². The molecule has 0 fully saturated rings. The fourth-order valence-electron chi connectivity index (χ4n) is 2.13. The lowest BCUT2D eigenvalue weighted by atomic mass is 10.0. The predicted molar refractivity (Wildman–Crippen MR) is 70.6 cm³/mol. The van der Waals surface area contributed by atoms with E-state index in [2.05, 4.69) is 27.7 Å². The molecule has 0 aliphatic carbocycles. The third-order valence-corrected chi connectivity index (χ3v) is 3.05. The molecule has 0 radical (unpaired) electrons. The first kappa shape index (κ1) is 16.4. The highest BCUT2D eigenvalue weighted by molar-refractivity contribution is 5.82. The van der Waals surface area contributed by atoms with Crippen LogP contribution in [0.2, 0.25) is 0 Å². The highest BCUT2D eigenvalue weighted by Gasteiger charge is 2.25. The van der Waals surface area contributed by atoms with Gasteiger partial charge in [0, 0.05) is 12.6 Å². The average Bonchev–Trinajstić information content (AvgIpc) is 2.27. The van der Waals surface area contributed by atoms with Gasteiger partial charge in [-0.2, -0.15) is 0 Å². The fourth-order valence-corrected chi connectivity index (χ4v) is 2.13. The number of rotatable bonds is 8. The SMILES string of the molecule is CCC(CC)N(CCO)C(=O)C(N)CC(C)C. The quantitative estimate of drug-likeness (QED) is 0.677. The van der Waals surface area contributed by atoms with Crippen molar-refractivity contribution in [2.45, 2.75) is 59.0 Å². The van der Waals surface area contributed by atoms with Crippen LogP contribution in [0.4, 0.5) is 0 Å². The van der Waals surface area contributed by atoms with Crippen molar-refractivity contribution in [1.29, 1.82) is 0 Å². The molecule has 0 spiro atoms. The highest BCUT2D eigenvalue weighted by atomic mass is 16.3. The monoisotopic (exact) mass is 244 g/mol. The van der Waals surface area contributed by atoms with Crippen molar-refractivity contribution in [2.75, 3.05) is 13.2 Å². The summed E-state index contributed by atoms with van der Waals surface area (Å²) in [6, 6.07) is -0.255. The predicted octanol–water partition coefficient (Wildman–Crippen LogP) is 1.37. The minimum Gasteiger partial charge on any atom is -0.395 e. The number of carbonyl (C=O) groups excluding carboxylic acids is 1. The van der Waals surface area contributed by atoms with Gasteiger partial charge in [-0.1, -0.05) is 27.7 Å².